The van der Waals surface area contributed by atoms with Gasteiger partial charge in [-0.3, -0.25) is 14.5 Å². The Labute approximate surface area is 201 Å². The van der Waals surface area contributed by atoms with Crippen molar-refractivity contribution in [2.45, 2.75) is 25.5 Å². The molecule has 4 rings (SSSR count). The predicted octanol–water partition coefficient (Wildman–Crippen LogP) is 5.51. The number of carbonyl (C=O) groups is 2. The largest absolute Gasteiger partial charge is 0.321 e. The van der Waals surface area contributed by atoms with E-state index < -0.39 is 17.0 Å². The van der Waals surface area contributed by atoms with Crippen molar-refractivity contribution in [1.82, 2.24) is 0 Å². The van der Waals surface area contributed by atoms with Gasteiger partial charge in [-0.1, -0.05) is 59.3 Å². The molecule has 7 heteroatoms. The number of rotatable bonds is 5. The highest BCUT2D eigenvalue weighted by Crippen LogP contribution is 2.42. The van der Waals surface area contributed by atoms with Gasteiger partial charge in [0, 0.05) is 11.4 Å². The van der Waals surface area contributed by atoms with E-state index in [1.54, 1.807) is 12.1 Å². The summed E-state index contributed by atoms with van der Waals surface area (Å²) in [7, 11) is 0. The van der Waals surface area contributed by atoms with Crippen LogP contribution in [0.25, 0.3) is 0 Å². The minimum absolute atomic E-state index is 0.171. The van der Waals surface area contributed by atoms with Crippen LogP contribution in [0.1, 0.15) is 16.7 Å². The Bertz CT molecular complexity index is 1310. The van der Waals surface area contributed by atoms with E-state index in [9.17, 15) is 19.2 Å². The molecular weight excluding hydrogens is 449 g/mol. The van der Waals surface area contributed by atoms with Crippen molar-refractivity contribution >= 4 is 35.0 Å². The molecule has 0 radical (unpaired) electrons. The number of hydrogen-bond donors (Lipinski definition) is 1. The lowest BCUT2D eigenvalue weighted by Gasteiger charge is -2.18. The molecule has 170 valence electrons. The highest BCUT2D eigenvalue weighted by molar-refractivity contribution is 8.05. The molecule has 1 heterocycles. The van der Waals surface area contributed by atoms with Gasteiger partial charge >= 0.3 is 0 Å². The van der Waals surface area contributed by atoms with Gasteiger partial charge < -0.3 is 5.32 Å². The molecule has 0 saturated carbocycles. The fourth-order valence-electron chi connectivity index (χ4n) is 3.70. The molecule has 1 fully saturated rings. The zero-order valence-electron chi connectivity index (χ0n) is 18.7. The molecule has 3 aromatic rings. The minimum atomic E-state index is -0.607. The van der Waals surface area contributed by atoms with E-state index in [-0.39, 0.29) is 16.5 Å². The first-order valence-corrected chi connectivity index (χ1v) is 11.6. The van der Waals surface area contributed by atoms with E-state index in [0.29, 0.717) is 17.8 Å². The monoisotopic (exact) mass is 471 g/mol. The topological polar surface area (TPSA) is 73.2 Å². The molecule has 1 aliphatic heterocycles. The van der Waals surface area contributed by atoms with Gasteiger partial charge in [0.25, 0.3) is 5.91 Å². The first kappa shape index (κ1) is 23.3. The van der Waals surface area contributed by atoms with Crippen LogP contribution in [0.2, 0.25) is 0 Å². The van der Waals surface area contributed by atoms with Crippen LogP contribution in [-0.4, -0.2) is 17.1 Å². The number of amides is 2. The van der Waals surface area contributed by atoms with E-state index in [1.165, 1.54) is 40.9 Å². The molecular formula is C27H22FN3O2S. The zero-order valence-corrected chi connectivity index (χ0v) is 19.5. The molecule has 1 saturated heterocycles. The van der Waals surface area contributed by atoms with Crippen LogP contribution in [0.15, 0.2) is 83.4 Å². The summed E-state index contributed by atoms with van der Waals surface area (Å²) in [6.07, 6.45) is 0.435. The van der Waals surface area contributed by atoms with E-state index in [1.807, 2.05) is 56.3 Å². The fraction of sp³-hybridized carbons (Fsp3) is 0.148. The van der Waals surface area contributed by atoms with Gasteiger partial charge in [-0.05, 0) is 62.2 Å². The summed E-state index contributed by atoms with van der Waals surface area (Å²) in [4.78, 5) is 27.9. The lowest BCUT2D eigenvalue weighted by Crippen LogP contribution is -2.31. The first-order chi connectivity index (χ1) is 16.4. The van der Waals surface area contributed by atoms with Gasteiger partial charge in [0.05, 0.1) is 5.25 Å². The van der Waals surface area contributed by atoms with Crippen LogP contribution in [0.4, 0.5) is 15.8 Å². The van der Waals surface area contributed by atoms with Crippen LogP contribution in [0.5, 0.6) is 0 Å². The van der Waals surface area contributed by atoms with Crippen molar-refractivity contribution in [2.75, 3.05) is 10.2 Å². The number of nitrogens with one attached hydrogen (secondary N) is 1. The summed E-state index contributed by atoms with van der Waals surface area (Å²) >= 11 is 1.18. The summed E-state index contributed by atoms with van der Waals surface area (Å²) in [5.74, 6) is -1.31. The standard InChI is InChI=1S/C27H22FN3O2S/c1-17-6-10-21(11-7-17)30-25(32)23(16-29)27-31(22-12-8-20(28)9-13-22)26(33)24(34-27)15-19-5-3-4-18(2)14-19/h3-14,24H,15H2,1-2H3,(H,30,32)/b27-23-/t24-/m0/s1. The molecule has 3 aromatic carbocycles. The Balaban J connectivity index is 1.72. The number of benzene rings is 3. The zero-order chi connectivity index (χ0) is 24.2. The van der Waals surface area contributed by atoms with E-state index in [0.717, 1.165) is 16.7 Å². The number of nitrogens with zero attached hydrogens (tertiary/aromatic N) is 2. The lowest BCUT2D eigenvalue weighted by molar-refractivity contribution is -0.117. The molecule has 34 heavy (non-hydrogen) atoms. The van der Waals surface area contributed by atoms with Crippen molar-refractivity contribution in [2.24, 2.45) is 0 Å². The van der Waals surface area contributed by atoms with Crippen molar-refractivity contribution in [3.8, 4) is 6.07 Å². The number of carbonyl (C=O) groups excluding carboxylic acids is 2. The fourth-order valence-corrected chi connectivity index (χ4v) is 5.00. The van der Waals surface area contributed by atoms with Gasteiger partial charge in [-0.2, -0.15) is 5.26 Å². The molecule has 2 amide bonds. The third-order valence-electron chi connectivity index (χ3n) is 5.40. The highest BCUT2D eigenvalue weighted by Gasteiger charge is 2.40. The first-order valence-electron chi connectivity index (χ1n) is 10.7. The SMILES string of the molecule is Cc1ccc(NC(=O)/C(C#N)=C2\S[C@@H](Cc3cccc(C)c3)C(=O)N2c2ccc(F)cc2)cc1. The molecule has 1 aliphatic rings. The third kappa shape index (κ3) is 5.03. The van der Waals surface area contributed by atoms with Gasteiger partial charge in [0.2, 0.25) is 5.91 Å². The lowest BCUT2D eigenvalue weighted by atomic mass is 10.1. The molecule has 0 spiro atoms. The Morgan fingerprint density at radius 3 is 2.41 bits per heavy atom. The van der Waals surface area contributed by atoms with Gasteiger partial charge in [0.1, 0.15) is 22.5 Å². The van der Waals surface area contributed by atoms with E-state index >= 15 is 0 Å². The molecule has 5 nitrogen and oxygen atoms in total. The summed E-state index contributed by atoms with van der Waals surface area (Å²) in [5, 5.41) is 12.3. The minimum Gasteiger partial charge on any atom is -0.321 e. The number of thioether (sulfide) groups is 1. The van der Waals surface area contributed by atoms with Crippen LogP contribution in [-0.2, 0) is 16.0 Å². The Morgan fingerprint density at radius 1 is 1.06 bits per heavy atom. The second-order valence-corrected chi connectivity index (χ2v) is 9.25. The molecule has 1 N–H and O–H groups in total. The number of anilines is 2. The molecule has 0 aliphatic carbocycles. The average Bonchev–Trinajstić information content (AvgIpc) is 3.12. The molecule has 0 aromatic heterocycles. The van der Waals surface area contributed by atoms with E-state index in [2.05, 4.69) is 5.32 Å². The second-order valence-electron chi connectivity index (χ2n) is 8.06. The molecule has 0 bridgehead atoms. The molecule has 1 atom stereocenters. The quantitative estimate of drug-likeness (QED) is 0.394. The van der Waals surface area contributed by atoms with Crippen molar-refractivity contribution in [3.05, 3.63) is 106 Å². The van der Waals surface area contributed by atoms with Crippen molar-refractivity contribution < 1.29 is 14.0 Å². The number of aryl methyl sites for hydroxylation is 2. The maximum atomic E-state index is 13.6. The normalized spacial score (nSPS) is 16.8. The summed E-state index contributed by atoms with van der Waals surface area (Å²) in [6.45, 7) is 3.91. The maximum Gasteiger partial charge on any atom is 0.269 e. The second kappa shape index (κ2) is 9.94. The average molecular weight is 472 g/mol. The number of nitriles is 1. The number of halogens is 1. The van der Waals surface area contributed by atoms with Crippen LogP contribution >= 0.6 is 11.8 Å². The van der Waals surface area contributed by atoms with Gasteiger partial charge in [-0.15, -0.1) is 0 Å². The van der Waals surface area contributed by atoms with Crippen LogP contribution in [0.3, 0.4) is 0 Å². The van der Waals surface area contributed by atoms with E-state index in [4.69, 9.17) is 0 Å². The molecule has 0 unspecified atom stereocenters. The van der Waals surface area contributed by atoms with Gasteiger partial charge in [0.15, 0.2) is 0 Å². The highest BCUT2D eigenvalue weighted by atomic mass is 32.2. The smallest absolute Gasteiger partial charge is 0.269 e. The third-order valence-corrected chi connectivity index (χ3v) is 6.67. The Morgan fingerprint density at radius 2 is 1.76 bits per heavy atom. The predicted molar refractivity (Wildman–Crippen MR) is 133 cm³/mol. The summed E-state index contributed by atoms with van der Waals surface area (Å²) in [5.41, 5.74) is 3.87. The Kier molecular flexibility index (Phi) is 6.80. The number of hydrogen-bond acceptors (Lipinski definition) is 4. The van der Waals surface area contributed by atoms with Crippen molar-refractivity contribution in [3.63, 3.8) is 0 Å². The summed E-state index contributed by atoms with van der Waals surface area (Å²) < 4.78 is 13.6. The van der Waals surface area contributed by atoms with Gasteiger partial charge in [-0.25, -0.2) is 4.39 Å². The van der Waals surface area contributed by atoms with Crippen LogP contribution < -0.4 is 10.2 Å². The Hall–Kier alpha value is -3.89. The van der Waals surface area contributed by atoms with Crippen LogP contribution in [0, 0.1) is 31.0 Å². The van der Waals surface area contributed by atoms with Crippen molar-refractivity contribution in [1.29, 1.82) is 5.26 Å². The summed E-state index contributed by atoms with van der Waals surface area (Å²) in [6, 6.07) is 22.5. The maximum absolute atomic E-state index is 13.6.